The van der Waals surface area contributed by atoms with Crippen LogP contribution in [0.1, 0.15) is 42.1 Å². The summed E-state index contributed by atoms with van der Waals surface area (Å²) in [6.07, 6.45) is 1.53. The first-order valence-corrected chi connectivity index (χ1v) is 9.46. The summed E-state index contributed by atoms with van der Waals surface area (Å²) in [5.41, 5.74) is 2.09. The minimum atomic E-state index is -0.404. The number of esters is 1. The first-order valence-electron chi connectivity index (χ1n) is 9.46. The molecule has 2 aromatic carbocycles. The van der Waals surface area contributed by atoms with Crippen LogP contribution in [0.25, 0.3) is 0 Å². The Morgan fingerprint density at radius 1 is 0.964 bits per heavy atom. The third kappa shape index (κ3) is 7.61. The smallest absolute Gasteiger partial charge is 0.306 e. The van der Waals surface area contributed by atoms with Crippen molar-refractivity contribution in [2.45, 2.75) is 32.6 Å². The molecule has 0 fully saturated rings. The van der Waals surface area contributed by atoms with Gasteiger partial charge in [-0.1, -0.05) is 43.3 Å². The average Bonchev–Trinajstić information content (AvgIpc) is 2.71. The number of carbonyl (C=O) groups is 3. The van der Waals surface area contributed by atoms with E-state index in [4.69, 9.17) is 4.74 Å². The lowest BCUT2D eigenvalue weighted by molar-refractivity contribution is -0.144. The Morgan fingerprint density at radius 3 is 2.50 bits per heavy atom. The van der Waals surface area contributed by atoms with Crippen molar-refractivity contribution in [2.24, 2.45) is 0 Å². The molecule has 28 heavy (non-hydrogen) atoms. The van der Waals surface area contributed by atoms with Crippen molar-refractivity contribution in [3.05, 3.63) is 65.7 Å². The van der Waals surface area contributed by atoms with E-state index in [0.29, 0.717) is 30.8 Å². The highest BCUT2D eigenvalue weighted by molar-refractivity contribution is 5.97. The number of nitrogens with one attached hydrogen (secondary N) is 2. The molecule has 0 unspecified atom stereocenters. The highest BCUT2D eigenvalue weighted by atomic mass is 16.5. The second kappa shape index (κ2) is 11.5. The van der Waals surface area contributed by atoms with Crippen molar-refractivity contribution in [3.8, 4) is 0 Å². The number of hydrogen-bond acceptors (Lipinski definition) is 4. The highest BCUT2D eigenvalue weighted by Gasteiger charge is 2.10. The lowest BCUT2D eigenvalue weighted by Crippen LogP contribution is -2.24. The summed E-state index contributed by atoms with van der Waals surface area (Å²) in [4.78, 5) is 35.8. The number of ether oxygens (including phenoxy) is 1. The van der Waals surface area contributed by atoms with Crippen LogP contribution in [0.5, 0.6) is 0 Å². The van der Waals surface area contributed by atoms with Crippen LogP contribution in [0.15, 0.2) is 54.6 Å². The van der Waals surface area contributed by atoms with Gasteiger partial charge in [-0.05, 0) is 30.2 Å². The summed E-state index contributed by atoms with van der Waals surface area (Å²) in [6.45, 7) is 2.87. The number of carbonyl (C=O) groups excluding carboxylic acids is 3. The molecule has 0 bridgehead atoms. The van der Waals surface area contributed by atoms with Crippen LogP contribution in [-0.2, 0) is 20.7 Å². The zero-order chi connectivity index (χ0) is 20.2. The van der Waals surface area contributed by atoms with Crippen molar-refractivity contribution in [1.82, 2.24) is 5.32 Å². The minimum absolute atomic E-state index is 0.0112. The Hall–Kier alpha value is -3.15. The molecule has 0 heterocycles. The van der Waals surface area contributed by atoms with Gasteiger partial charge in [-0.3, -0.25) is 14.4 Å². The Labute approximate surface area is 165 Å². The van der Waals surface area contributed by atoms with Crippen molar-refractivity contribution < 1.29 is 19.1 Å². The first-order chi connectivity index (χ1) is 13.6. The van der Waals surface area contributed by atoms with Crippen LogP contribution >= 0.6 is 0 Å². The Kier molecular flexibility index (Phi) is 8.72. The van der Waals surface area contributed by atoms with Gasteiger partial charge >= 0.3 is 5.97 Å². The number of hydrogen-bond donors (Lipinski definition) is 2. The molecule has 0 aliphatic carbocycles. The molecule has 0 aliphatic rings. The quantitative estimate of drug-likeness (QED) is 0.617. The van der Waals surface area contributed by atoms with Crippen LogP contribution in [0.2, 0.25) is 0 Å². The zero-order valence-corrected chi connectivity index (χ0v) is 16.1. The Balaban J connectivity index is 1.71. The van der Waals surface area contributed by atoms with Gasteiger partial charge in [-0.2, -0.15) is 0 Å². The van der Waals surface area contributed by atoms with Gasteiger partial charge in [-0.15, -0.1) is 0 Å². The molecular formula is C22H26N2O4. The molecule has 2 amide bonds. The number of anilines is 1. The predicted molar refractivity (Wildman–Crippen MR) is 108 cm³/mol. The van der Waals surface area contributed by atoms with Gasteiger partial charge in [0, 0.05) is 30.6 Å². The van der Waals surface area contributed by atoms with E-state index in [1.165, 1.54) is 0 Å². The van der Waals surface area contributed by atoms with E-state index >= 15 is 0 Å². The molecule has 6 nitrogen and oxygen atoms in total. The zero-order valence-electron chi connectivity index (χ0n) is 16.1. The van der Waals surface area contributed by atoms with E-state index in [1.807, 2.05) is 37.3 Å². The standard InChI is InChI=1S/C22H26N2O4/c1-2-14-23-22(27)18-9-6-10-19(16-18)24-20(25)11-12-21(26)28-15-13-17-7-4-3-5-8-17/h3-10,16H,2,11-15H2,1H3,(H,23,27)(H,24,25). The predicted octanol–water partition coefficient (Wildman–Crippen LogP) is 3.33. The van der Waals surface area contributed by atoms with Gasteiger partial charge in [-0.25, -0.2) is 0 Å². The van der Waals surface area contributed by atoms with Crippen molar-refractivity contribution in [2.75, 3.05) is 18.5 Å². The first kappa shape index (κ1) is 21.2. The van der Waals surface area contributed by atoms with E-state index in [2.05, 4.69) is 10.6 Å². The summed E-state index contributed by atoms with van der Waals surface area (Å²) >= 11 is 0. The molecule has 0 radical (unpaired) electrons. The van der Waals surface area contributed by atoms with Crippen LogP contribution in [0, 0.1) is 0 Å². The SMILES string of the molecule is CCCNC(=O)c1cccc(NC(=O)CCC(=O)OCCc2ccccc2)c1. The third-order valence-electron chi connectivity index (χ3n) is 4.00. The van der Waals surface area contributed by atoms with Crippen molar-refractivity contribution in [1.29, 1.82) is 0 Å². The molecule has 0 aromatic heterocycles. The van der Waals surface area contributed by atoms with E-state index in [9.17, 15) is 14.4 Å². The average molecular weight is 382 g/mol. The fraction of sp³-hybridized carbons (Fsp3) is 0.318. The molecule has 0 saturated carbocycles. The van der Waals surface area contributed by atoms with E-state index < -0.39 is 5.97 Å². The molecule has 0 spiro atoms. The number of amides is 2. The van der Waals surface area contributed by atoms with E-state index in [0.717, 1.165) is 12.0 Å². The minimum Gasteiger partial charge on any atom is -0.465 e. The van der Waals surface area contributed by atoms with E-state index in [1.54, 1.807) is 24.3 Å². The maximum absolute atomic E-state index is 12.0. The topological polar surface area (TPSA) is 84.5 Å². The molecule has 2 N–H and O–H groups in total. The summed E-state index contributed by atoms with van der Waals surface area (Å²) in [6, 6.07) is 16.4. The maximum Gasteiger partial charge on any atom is 0.306 e. The third-order valence-corrected chi connectivity index (χ3v) is 4.00. The summed E-state index contributed by atoms with van der Waals surface area (Å²) < 4.78 is 5.16. The maximum atomic E-state index is 12.0. The van der Waals surface area contributed by atoms with Crippen LogP contribution in [0.3, 0.4) is 0 Å². The molecule has 2 rings (SSSR count). The van der Waals surface area contributed by atoms with Gasteiger partial charge in [0.2, 0.25) is 5.91 Å². The van der Waals surface area contributed by atoms with Gasteiger partial charge < -0.3 is 15.4 Å². The lowest BCUT2D eigenvalue weighted by Gasteiger charge is -2.08. The molecule has 0 aliphatic heterocycles. The van der Waals surface area contributed by atoms with Gasteiger partial charge in [0.15, 0.2) is 0 Å². The van der Waals surface area contributed by atoms with Crippen molar-refractivity contribution >= 4 is 23.5 Å². The molecule has 0 atom stereocenters. The van der Waals surface area contributed by atoms with Crippen LogP contribution in [0.4, 0.5) is 5.69 Å². The van der Waals surface area contributed by atoms with Crippen LogP contribution in [-0.4, -0.2) is 30.9 Å². The fourth-order valence-corrected chi connectivity index (χ4v) is 2.52. The van der Waals surface area contributed by atoms with Gasteiger partial charge in [0.1, 0.15) is 0 Å². The molecule has 6 heteroatoms. The largest absolute Gasteiger partial charge is 0.465 e. The fourth-order valence-electron chi connectivity index (χ4n) is 2.52. The number of rotatable bonds is 10. The second-order valence-electron chi connectivity index (χ2n) is 6.34. The van der Waals surface area contributed by atoms with E-state index in [-0.39, 0.29) is 24.7 Å². The molecule has 2 aromatic rings. The Morgan fingerprint density at radius 2 is 1.75 bits per heavy atom. The van der Waals surface area contributed by atoms with Crippen molar-refractivity contribution in [3.63, 3.8) is 0 Å². The van der Waals surface area contributed by atoms with Crippen LogP contribution < -0.4 is 10.6 Å². The monoisotopic (exact) mass is 382 g/mol. The second-order valence-corrected chi connectivity index (χ2v) is 6.34. The number of benzene rings is 2. The Bertz CT molecular complexity index is 790. The summed E-state index contributed by atoms with van der Waals surface area (Å²) in [5.74, 6) is -0.884. The van der Waals surface area contributed by atoms with Gasteiger partial charge in [0.05, 0.1) is 13.0 Å². The normalized spacial score (nSPS) is 10.2. The molecular weight excluding hydrogens is 356 g/mol. The highest BCUT2D eigenvalue weighted by Crippen LogP contribution is 2.11. The molecule has 0 saturated heterocycles. The van der Waals surface area contributed by atoms with Gasteiger partial charge in [0.25, 0.3) is 5.91 Å². The summed E-state index contributed by atoms with van der Waals surface area (Å²) in [7, 11) is 0. The molecule has 148 valence electrons. The summed E-state index contributed by atoms with van der Waals surface area (Å²) in [5, 5.41) is 5.49. The lowest BCUT2D eigenvalue weighted by atomic mass is 10.1.